The van der Waals surface area contributed by atoms with Gasteiger partial charge < -0.3 is 14.5 Å². The first-order valence-electron chi connectivity index (χ1n) is 14.2. The van der Waals surface area contributed by atoms with Crippen LogP contribution in [0.3, 0.4) is 0 Å². The van der Waals surface area contributed by atoms with Crippen molar-refractivity contribution in [3.8, 4) is 5.88 Å². The Kier molecular flexibility index (Phi) is 8.87. The summed E-state index contributed by atoms with van der Waals surface area (Å²) in [6, 6.07) is 15.9. The number of nitrogens with zero attached hydrogens (tertiary/aromatic N) is 4. The van der Waals surface area contributed by atoms with Crippen molar-refractivity contribution in [3.63, 3.8) is 0 Å². The summed E-state index contributed by atoms with van der Waals surface area (Å²) in [5.74, 6) is 0.799. The van der Waals surface area contributed by atoms with Crippen LogP contribution in [0.4, 0.5) is 17.1 Å². The van der Waals surface area contributed by atoms with Gasteiger partial charge in [-0.3, -0.25) is 14.5 Å². The lowest BCUT2D eigenvalue weighted by Gasteiger charge is -2.36. The second-order valence-electron chi connectivity index (χ2n) is 10.4. The molecule has 1 aromatic heterocycles. The van der Waals surface area contributed by atoms with Gasteiger partial charge in [0, 0.05) is 49.8 Å². The lowest BCUT2D eigenvalue weighted by atomic mass is 9.83. The van der Waals surface area contributed by atoms with Crippen LogP contribution >= 0.6 is 0 Å². The number of aliphatic imine (C=N–C) groups is 1. The lowest BCUT2D eigenvalue weighted by molar-refractivity contribution is 0.0746. The molecule has 0 radical (unpaired) electrons. The Morgan fingerprint density at radius 3 is 2.41 bits per heavy atom. The van der Waals surface area contributed by atoms with E-state index in [-0.39, 0.29) is 10.8 Å². The number of rotatable bonds is 8. The number of pyridine rings is 1. The van der Waals surface area contributed by atoms with Crippen LogP contribution in [0.15, 0.2) is 70.7 Å². The fraction of sp³-hybridized carbons (Fsp3) is 0.387. The molecular weight excluding hydrogens is 538 g/mol. The van der Waals surface area contributed by atoms with E-state index in [1.165, 1.54) is 6.42 Å². The minimum Gasteiger partial charge on any atom is -0.480 e. The molecule has 2 aliphatic rings. The fourth-order valence-corrected chi connectivity index (χ4v) is 7.01. The van der Waals surface area contributed by atoms with E-state index in [4.69, 9.17) is 4.74 Å². The van der Waals surface area contributed by atoms with Gasteiger partial charge in [0.15, 0.2) is 0 Å². The molecule has 0 spiro atoms. The van der Waals surface area contributed by atoms with E-state index in [0.717, 1.165) is 36.9 Å². The van der Waals surface area contributed by atoms with Gasteiger partial charge in [0.1, 0.15) is 4.90 Å². The zero-order chi connectivity index (χ0) is 28.8. The Labute approximate surface area is 242 Å². The number of nitrogens with one attached hydrogen (secondary N) is 1. The number of carbonyl (C=O) groups is 1. The monoisotopic (exact) mass is 575 g/mol. The normalized spacial score (nSPS) is 16.6. The van der Waals surface area contributed by atoms with Crippen LogP contribution in [0.5, 0.6) is 5.88 Å². The Balaban J connectivity index is 1.27. The molecule has 1 amide bonds. The third kappa shape index (κ3) is 6.37. The number of methoxy groups -OCH3 is 1. The maximum atomic E-state index is 13.5. The Morgan fingerprint density at radius 2 is 1.73 bits per heavy atom. The van der Waals surface area contributed by atoms with Crippen molar-refractivity contribution in [1.82, 2.24) is 9.88 Å². The smallest absolute Gasteiger partial charge is 0.264 e. The number of amides is 1. The summed E-state index contributed by atoms with van der Waals surface area (Å²) in [5.41, 5.74) is 3.33. The van der Waals surface area contributed by atoms with Crippen LogP contribution in [0.25, 0.3) is 0 Å². The fourth-order valence-electron chi connectivity index (χ4n) is 5.77. The van der Waals surface area contributed by atoms with Crippen LogP contribution in [0.1, 0.15) is 60.9 Å². The average Bonchev–Trinajstić information content (AvgIpc) is 3.01. The standard InChI is InChI=1S/C31H37N5O4S/c1-3-32-29-26(23-9-5-4-6-10-23)11-7-13-28(29)41(38,39)34-25-16-14-24(15-17-25)31(37)36-21-19-35(20-22-36)27-12-8-18-33-30(27)40-2/h3,7-8,11-18,23,34H,4-6,9-10,19-22H2,1-2H3/b32-3-. The van der Waals surface area contributed by atoms with Gasteiger partial charge >= 0.3 is 0 Å². The van der Waals surface area contributed by atoms with E-state index in [1.807, 2.05) is 23.1 Å². The number of piperazine rings is 1. The molecule has 0 atom stereocenters. The zero-order valence-electron chi connectivity index (χ0n) is 23.6. The van der Waals surface area contributed by atoms with Gasteiger partial charge in [-0.15, -0.1) is 0 Å². The van der Waals surface area contributed by atoms with Gasteiger partial charge in [0.05, 0.1) is 18.5 Å². The van der Waals surface area contributed by atoms with Crippen molar-refractivity contribution in [2.24, 2.45) is 4.99 Å². The highest BCUT2D eigenvalue weighted by molar-refractivity contribution is 7.92. The molecule has 1 saturated heterocycles. The van der Waals surface area contributed by atoms with Gasteiger partial charge in [0.25, 0.3) is 15.9 Å². The predicted octanol–water partition coefficient (Wildman–Crippen LogP) is 5.62. The number of hydrogen-bond donors (Lipinski definition) is 1. The van der Waals surface area contributed by atoms with E-state index in [1.54, 1.807) is 62.8 Å². The molecule has 2 fully saturated rings. The molecule has 216 valence electrons. The largest absolute Gasteiger partial charge is 0.480 e. The van der Waals surface area contributed by atoms with E-state index in [9.17, 15) is 13.2 Å². The van der Waals surface area contributed by atoms with Gasteiger partial charge in [-0.2, -0.15) is 0 Å². The van der Waals surface area contributed by atoms with Crippen molar-refractivity contribution in [2.75, 3.05) is 42.9 Å². The van der Waals surface area contributed by atoms with Crippen LogP contribution in [-0.2, 0) is 10.0 Å². The minimum absolute atomic E-state index is 0.0861. The molecule has 0 bridgehead atoms. The molecular formula is C31H37N5O4S. The second kappa shape index (κ2) is 12.7. The zero-order valence-corrected chi connectivity index (χ0v) is 24.4. The first-order valence-corrected chi connectivity index (χ1v) is 15.7. The summed E-state index contributed by atoms with van der Waals surface area (Å²) in [7, 11) is -2.30. The Hall–Kier alpha value is -3.92. The molecule has 2 heterocycles. The van der Waals surface area contributed by atoms with E-state index in [2.05, 4.69) is 19.6 Å². The Morgan fingerprint density at radius 1 is 1.00 bits per heavy atom. The molecule has 5 rings (SSSR count). The van der Waals surface area contributed by atoms with Crippen molar-refractivity contribution >= 4 is 39.2 Å². The van der Waals surface area contributed by atoms with Crippen molar-refractivity contribution in [2.45, 2.75) is 49.8 Å². The van der Waals surface area contributed by atoms with Crippen molar-refractivity contribution in [3.05, 3.63) is 71.9 Å². The third-order valence-corrected chi connectivity index (χ3v) is 9.27. The van der Waals surface area contributed by atoms with Crippen LogP contribution in [0, 0.1) is 0 Å². The van der Waals surface area contributed by atoms with Crippen LogP contribution in [-0.4, -0.2) is 63.7 Å². The molecule has 1 aliphatic carbocycles. The van der Waals surface area contributed by atoms with Crippen LogP contribution in [0.2, 0.25) is 0 Å². The number of anilines is 2. The summed E-state index contributed by atoms with van der Waals surface area (Å²) in [5, 5.41) is 0. The summed E-state index contributed by atoms with van der Waals surface area (Å²) < 4.78 is 35.1. The van der Waals surface area contributed by atoms with Gasteiger partial charge in [-0.1, -0.05) is 31.4 Å². The third-order valence-electron chi connectivity index (χ3n) is 7.86. The second-order valence-corrected chi connectivity index (χ2v) is 12.1. The maximum absolute atomic E-state index is 13.5. The first-order chi connectivity index (χ1) is 19.9. The minimum atomic E-state index is -3.90. The predicted molar refractivity (Wildman–Crippen MR) is 162 cm³/mol. The van der Waals surface area contributed by atoms with Gasteiger partial charge in [-0.05, 0) is 73.7 Å². The number of aromatic nitrogens is 1. The number of para-hydroxylation sites is 1. The van der Waals surface area contributed by atoms with E-state index in [0.29, 0.717) is 54.9 Å². The first kappa shape index (κ1) is 28.6. The topological polar surface area (TPSA) is 104 Å². The lowest BCUT2D eigenvalue weighted by Crippen LogP contribution is -2.48. The number of carbonyl (C=O) groups excluding carboxylic acids is 1. The molecule has 9 nitrogen and oxygen atoms in total. The van der Waals surface area contributed by atoms with Crippen molar-refractivity contribution < 1.29 is 17.9 Å². The quantitative estimate of drug-likeness (QED) is 0.350. The van der Waals surface area contributed by atoms with Crippen molar-refractivity contribution in [1.29, 1.82) is 0 Å². The number of sulfonamides is 1. The number of benzene rings is 2. The van der Waals surface area contributed by atoms with E-state index >= 15 is 0 Å². The molecule has 3 aromatic rings. The molecule has 0 unspecified atom stereocenters. The molecule has 1 N–H and O–H groups in total. The highest BCUT2D eigenvalue weighted by Gasteiger charge is 2.27. The number of hydrogen-bond acceptors (Lipinski definition) is 7. The molecule has 1 saturated carbocycles. The molecule has 10 heteroatoms. The summed E-state index contributed by atoms with van der Waals surface area (Å²) in [4.78, 5) is 26.1. The van der Waals surface area contributed by atoms with E-state index < -0.39 is 10.0 Å². The van der Waals surface area contributed by atoms with Crippen LogP contribution < -0.4 is 14.4 Å². The highest BCUT2D eigenvalue weighted by atomic mass is 32.2. The highest BCUT2D eigenvalue weighted by Crippen LogP contribution is 2.40. The Bertz CT molecular complexity index is 1490. The average molecular weight is 576 g/mol. The molecule has 2 aromatic carbocycles. The number of ether oxygens (including phenoxy) is 1. The summed E-state index contributed by atoms with van der Waals surface area (Å²) in [6.07, 6.45) is 8.95. The SMILES string of the molecule is C/C=N\c1c(C2CCCCC2)cccc1S(=O)(=O)Nc1ccc(C(=O)N2CCN(c3cccnc3OC)CC2)cc1. The van der Waals surface area contributed by atoms with Gasteiger partial charge in [-0.25, -0.2) is 13.4 Å². The summed E-state index contributed by atoms with van der Waals surface area (Å²) in [6.45, 7) is 4.24. The van der Waals surface area contributed by atoms with Gasteiger partial charge in [0.2, 0.25) is 5.88 Å². The summed E-state index contributed by atoms with van der Waals surface area (Å²) >= 11 is 0. The molecule has 1 aliphatic heterocycles. The maximum Gasteiger partial charge on any atom is 0.264 e. The molecule has 41 heavy (non-hydrogen) atoms.